The summed E-state index contributed by atoms with van der Waals surface area (Å²) >= 11 is 0. The van der Waals surface area contributed by atoms with Crippen molar-refractivity contribution in [1.29, 1.82) is 0 Å². The summed E-state index contributed by atoms with van der Waals surface area (Å²) in [5, 5.41) is 11.7. The number of rotatable bonds is 6. The van der Waals surface area contributed by atoms with Gasteiger partial charge < -0.3 is 20.1 Å². The fourth-order valence-corrected chi connectivity index (χ4v) is 2.70. The normalized spacial score (nSPS) is 17.6. The van der Waals surface area contributed by atoms with Crippen LogP contribution in [0.25, 0.3) is 0 Å². The second-order valence-corrected chi connectivity index (χ2v) is 5.59. The number of carboxylic acid groups (broad SMARTS) is 1. The van der Waals surface area contributed by atoms with Crippen LogP contribution >= 0.6 is 0 Å². The minimum absolute atomic E-state index is 0.0886. The fraction of sp³-hybridized carbons (Fsp3) is 0.500. The first-order valence-electron chi connectivity index (χ1n) is 7.75. The molecule has 2 N–H and O–H groups in total. The van der Waals surface area contributed by atoms with Gasteiger partial charge in [0.2, 0.25) is 0 Å². The number of carbonyl (C=O) groups excluding carboxylic acids is 1. The molecule has 1 aliphatic rings. The van der Waals surface area contributed by atoms with E-state index in [1.807, 2.05) is 0 Å². The molecular weight excluding hydrogens is 322 g/mol. The zero-order chi connectivity index (χ0) is 17.5. The van der Waals surface area contributed by atoms with Gasteiger partial charge in [0, 0.05) is 19.6 Å². The van der Waals surface area contributed by atoms with Gasteiger partial charge in [-0.3, -0.25) is 4.79 Å². The summed E-state index contributed by atoms with van der Waals surface area (Å²) in [6.45, 7) is -1.95. The van der Waals surface area contributed by atoms with Crippen molar-refractivity contribution in [1.82, 2.24) is 10.2 Å². The van der Waals surface area contributed by atoms with Crippen LogP contribution in [0.1, 0.15) is 18.4 Å². The zero-order valence-electron chi connectivity index (χ0n) is 13.1. The number of hydrogen-bond donors (Lipinski definition) is 2. The van der Waals surface area contributed by atoms with E-state index in [1.54, 1.807) is 18.2 Å². The van der Waals surface area contributed by atoms with Crippen LogP contribution in [0.4, 0.5) is 13.6 Å². The van der Waals surface area contributed by atoms with Crippen molar-refractivity contribution in [3.8, 4) is 5.75 Å². The lowest BCUT2D eigenvalue weighted by Gasteiger charge is -2.30. The smallest absolute Gasteiger partial charge is 0.387 e. The monoisotopic (exact) mass is 342 g/mol. The van der Waals surface area contributed by atoms with Crippen molar-refractivity contribution in [3.63, 3.8) is 0 Å². The molecule has 1 unspecified atom stereocenters. The lowest BCUT2D eigenvalue weighted by atomic mass is 9.99. The van der Waals surface area contributed by atoms with Crippen LogP contribution < -0.4 is 10.1 Å². The molecule has 1 aliphatic heterocycles. The van der Waals surface area contributed by atoms with Crippen LogP contribution in [0.3, 0.4) is 0 Å². The van der Waals surface area contributed by atoms with Crippen molar-refractivity contribution in [2.45, 2.75) is 25.9 Å². The van der Waals surface area contributed by atoms with Crippen molar-refractivity contribution in [2.75, 3.05) is 19.6 Å². The largest absolute Gasteiger partial charge is 0.481 e. The number of nitrogens with zero attached hydrogens (tertiary/aromatic N) is 1. The molecule has 0 aliphatic carbocycles. The highest BCUT2D eigenvalue weighted by molar-refractivity contribution is 5.76. The molecule has 2 amide bonds. The first-order valence-corrected chi connectivity index (χ1v) is 7.75. The molecule has 1 saturated heterocycles. The van der Waals surface area contributed by atoms with Crippen molar-refractivity contribution < 1.29 is 28.2 Å². The van der Waals surface area contributed by atoms with Crippen LogP contribution in [-0.4, -0.2) is 48.3 Å². The lowest BCUT2D eigenvalue weighted by Crippen LogP contribution is -2.47. The third-order valence-corrected chi connectivity index (χ3v) is 3.92. The number of likely N-dealkylation sites (tertiary alicyclic amines) is 1. The van der Waals surface area contributed by atoms with Gasteiger partial charge in [0.05, 0.1) is 5.92 Å². The van der Waals surface area contributed by atoms with E-state index in [0.717, 1.165) is 0 Å². The van der Waals surface area contributed by atoms with Crippen molar-refractivity contribution >= 4 is 12.0 Å². The molecule has 1 fully saturated rings. The van der Waals surface area contributed by atoms with Gasteiger partial charge in [-0.1, -0.05) is 18.2 Å². The molecule has 1 aromatic carbocycles. The van der Waals surface area contributed by atoms with E-state index in [1.165, 1.54) is 11.0 Å². The Labute approximate surface area is 138 Å². The third kappa shape index (κ3) is 5.07. The quantitative estimate of drug-likeness (QED) is 0.832. The molecule has 1 aromatic rings. The molecule has 0 bridgehead atoms. The summed E-state index contributed by atoms with van der Waals surface area (Å²) in [5.41, 5.74) is 0.570. The number of carbonyl (C=O) groups is 2. The van der Waals surface area contributed by atoms with Crippen molar-refractivity contribution in [3.05, 3.63) is 29.8 Å². The molecular formula is C16H20F2N2O4. The van der Waals surface area contributed by atoms with Gasteiger partial charge in [-0.05, 0) is 30.9 Å². The summed E-state index contributed by atoms with van der Waals surface area (Å²) in [6.07, 6.45) is 1.55. The van der Waals surface area contributed by atoms with E-state index < -0.39 is 18.5 Å². The molecule has 24 heavy (non-hydrogen) atoms. The predicted octanol–water partition coefficient (Wildman–Crippen LogP) is 2.34. The molecule has 8 heteroatoms. The summed E-state index contributed by atoms with van der Waals surface area (Å²) < 4.78 is 29.1. The highest BCUT2D eigenvalue weighted by atomic mass is 19.3. The number of alkyl halides is 2. The van der Waals surface area contributed by atoms with Crippen LogP contribution in [0.2, 0.25) is 0 Å². The Bertz CT molecular complexity index is 583. The van der Waals surface area contributed by atoms with Gasteiger partial charge in [0.25, 0.3) is 0 Å². The molecule has 0 saturated carbocycles. The van der Waals surface area contributed by atoms with Gasteiger partial charge >= 0.3 is 18.6 Å². The van der Waals surface area contributed by atoms with Crippen LogP contribution in [-0.2, 0) is 11.2 Å². The lowest BCUT2D eigenvalue weighted by molar-refractivity contribution is -0.143. The first-order chi connectivity index (χ1) is 11.5. The maximum Gasteiger partial charge on any atom is 0.387 e. The number of benzene rings is 1. The maximum absolute atomic E-state index is 12.3. The summed E-state index contributed by atoms with van der Waals surface area (Å²) in [6, 6.07) is 6.07. The number of piperidine rings is 1. The zero-order valence-corrected chi connectivity index (χ0v) is 13.1. The topological polar surface area (TPSA) is 78.9 Å². The molecule has 6 nitrogen and oxygen atoms in total. The number of aliphatic carboxylic acids is 1. The SMILES string of the molecule is O=C(O)C1CCCN(C(=O)NCCc2ccccc2OC(F)F)C1. The molecule has 2 rings (SSSR count). The second kappa shape index (κ2) is 8.47. The van der Waals surface area contributed by atoms with Crippen LogP contribution in [0.15, 0.2) is 24.3 Å². The Morgan fingerprint density at radius 1 is 1.38 bits per heavy atom. The number of urea groups is 1. The fourth-order valence-electron chi connectivity index (χ4n) is 2.70. The van der Waals surface area contributed by atoms with E-state index in [2.05, 4.69) is 10.1 Å². The van der Waals surface area contributed by atoms with Gasteiger partial charge in [0.1, 0.15) is 5.75 Å². The van der Waals surface area contributed by atoms with E-state index >= 15 is 0 Å². The highest BCUT2D eigenvalue weighted by Gasteiger charge is 2.27. The minimum atomic E-state index is -2.90. The number of halogens is 2. The summed E-state index contributed by atoms with van der Waals surface area (Å²) in [7, 11) is 0. The third-order valence-electron chi connectivity index (χ3n) is 3.92. The Kier molecular flexibility index (Phi) is 6.34. The van der Waals surface area contributed by atoms with Gasteiger partial charge in [-0.2, -0.15) is 8.78 Å². The maximum atomic E-state index is 12.3. The number of ether oxygens (including phenoxy) is 1. The Balaban J connectivity index is 1.83. The Morgan fingerprint density at radius 3 is 2.83 bits per heavy atom. The van der Waals surface area contributed by atoms with E-state index in [-0.39, 0.29) is 24.9 Å². The molecule has 0 aromatic heterocycles. The second-order valence-electron chi connectivity index (χ2n) is 5.59. The molecule has 0 spiro atoms. The Morgan fingerprint density at radius 2 is 2.12 bits per heavy atom. The van der Waals surface area contributed by atoms with Gasteiger partial charge in [-0.15, -0.1) is 0 Å². The average molecular weight is 342 g/mol. The van der Waals surface area contributed by atoms with E-state index in [0.29, 0.717) is 31.4 Å². The van der Waals surface area contributed by atoms with E-state index in [9.17, 15) is 18.4 Å². The summed E-state index contributed by atoms with van der Waals surface area (Å²) in [5.74, 6) is -1.35. The minimum Gasteiger partial charge on any atom is -0.481 e. The number of carboxylic acids is 1. The molecule has 132 valence electrons. The van der Waals surface area contributed by atoms with E-state index in [4.69, 9.17) is 5.11 Å². The van der Waals surface area contributed by atoms with Gasteiger partial charge in [-0.25, -0.2) is 4.79 Å². The molecule has 1 atom stereocenters. The number of para-hydroxylation sites is 1. The number of hydrogen-bond acceptors (Lipinski definition) is 3. The Hall–Kier alpha value is -2.38. The summed E-state index contributed by atoms with van der Waals surface area (Å²) in [4.78, 5) is 24.6. The standard InChI is InChI=1S/C16H20F2N2O4/c17-15(18)24-13-6-2-1-4-11(13)7-8-19-16(23)20-9-3-5-12(10-20)14(21)22/h1-2,4,6,12,15H,3,5,7-10H2,(H,19,23)(H,21,22). The van der Waals surface area contributed by atoms with Crippen LogP contribution in [0, 0.1) is 5.92 Å². The average Bonchev–Trinajstić information content (AvgIpc) is 2.56. The molecule has 0 radical (unpaired) electrons. The highest BCUT2D eigenvalue weighted by Crippen LogP contribution is 2.20. The van der Waals surface area contributed by atoms with Crippen molar-refractivity contribution in [2.24, 2.45) is 5.92 Å². The number of amides is 2. The molecule has 1 heterocycles. The number of nitrogens with one attached hydrogen (secondary N) is 1. The first kappa shape index (κ1) is 18.0. The van der Waals surface area contributed by atoms with Gasteiger partial charge in [0.15, 0.2) is 0 Å². The predicted molar refractivity (Wildman–Crippen MR) is 82.1 cm³/mol. The van der Waals surface area contributed by atoms with Crippen LogP contribution in [0.5, 0.6) is 5.75 Å².